The van der Waals surface area contributed by atoms with Gasteiger partial charge in [0.05, 0.1) is 38.1 Å². The van der Waals surface area contributed by atoms with E-state index < -0.39 is 30.3 Å². The maximum absolute atomic E-state index is 10.3. The summed E-state index contributed by atoms with van der Waals surface area (Å²) in [5.74, 6) is -1.31. The van der Waals surface area contributed by atoms with Gasteiger partial charge in [-0.25, -0.2) is 0 Å². The molecule has 0 aliphatic rings. The summed E-state index contributed by atoms with van der Waals surface area (Å²) in [5.41, 5.74) is 0. The first-order valence-corrected chi connectivity index (χ1v) is 22.7. The normalized spacial score (nSPS) is 12.0. The first-order chi connectivity index (χ1) is 26.4. The van der Waals surface area contributed by atoms with E-state index in [4.69, 9.17) is 40.9 Å². The van der Waals surface area contributed by atoms with Crippen molar-refractivity contribution in [2.24, 2.45) is 0 Å². The van der Waals surface area contributed by atoms with Gasteiger partial charge in [0.1, 0.15) is 0 Å². The van der Waals surface area contributed by atoms with Crippen LogP contribution in [0.15, 0.2) is 0 Å². The molecule has 10 nitrogen and oxygen atoms in total. The van der Waals surface area contributed by atoms with E-state index in [0.717, 1.165) is 25.7 Å². The molecule has 0 aliphatic carbocycles. The van der Waals surface area contributed by atoms with Gasteiger partial charge in [-0.05, 0) is 33.6 Å². The highest BCUT2D eigenvalue weighted by Gasteiger charge is 1.98. The second-order valence-corrected chi connectivity index (χ2v) is 15.3. The summed E-state index contributed by atoms with van der Waals surface area (Å²) < 4.78 is 0. The molecule has 0 aromatic heterocycles. The zero-order valence-corrected chi connectivity index (χ0v) is 36.9. The SMILES string of the molecule is CC(O)CO.CC(O)CO.CC(O)CO.CCCCCCCCCCCCCCCCCC(=O)O.CCCCCCCCCCCCCCCCCC(=O)O. The number of aliphatic hydroxyl groups is 6. The number of rotatable bonds is 35. The van der Waals surface area contributed by atoms with Crippen LogP contribution in [0.25, 0.3) is 0 Å². The van der Waals surface area contributed by atoms with Crippen molar-refractivity contribution in [1.82, 2.24) is 0 Å². The Labute approximate surface area is 339 Å². The van der Waals surface area contributed by atoms with Gasteiger partial charge >= 0.3 is 11.9 Å². The molecule has 0 aliphatic heterocycles. The predicted octanol–water partition coefficient (Wildman–Crippen LogP) is 10.7. The quantitative estimate of drug-likeness (QED) is 0.0286. The fourth-order valence-corrected chi connectivity index (χ4v) is 5.30. The second-order valence-electron chi connectivity index (χ2n) is 15.3. The Morgan fingerprint density at radius 3 is 0.564 bits per heavy atom. The molecule has 0 saturated heterocycles. The Bertz CT molecular complexity index is 611. The number of carboxylic acids is 2. The summed E-state index contributed by atoms with van der Waals surface area (Å²) >= 11 is 0. The third kappa shape index (κ3) is 90.4. The number of unbranched alkanes of at least 4 members (excludes halogenated alkanes) is 28. The number of aliphatic hydroxyl groups excluding tert-OH is 6. The third-order valence-electron chi connectivity index (χ3n) is 8.78. The van der Waals surface area contributed by atoms with Crippen molar-refractivity contribution < 1.29 is 50.4 Å². The minimum Gasteiger partial charge on any atom is -0.481 e. The third-order valence-corrected chi connectivity index (χ3v) is 8.78. The van der Waals surface area contributed by atoms with Crippen LogP contribution >= 0.6 is 0 Å². The average Bonchev–Trinajstić information content (AvgIpc) is 3.15. The van der Waals surface area contributed by atoms with Crippen molar-refractivity contribution in [3.05, 3.63) is 0 Å². The zero-order chi connectivity index (χ0) is 42.6. The van der Waals surface area contributed by atoms with Crippen molar-refractivity contribution in [3.8, 4) is 0 Å². The molecule has 55 heavy (non-hydrogen) atoms. The Balaban J connectivity index is -0.000000221. The van der Waals surface area contributed by atoms with Gasteiger partial charge in [0.15, 0.2) is 0 Å². The Morgan fingerprint density at radius 1 is 0.327 bits per heavy atom. The van der Waals surface area contributed by atoms with Crippen molar-refractivity contribution in [2.75, 3.05) is 19.8 Å². The molecule has 336 valence electrons. The van der Waals surface area contributed by atoms with Crippen LogP contribution in [-0.4, -0.2) is 90.9 Å². The summed E-state index contributed by atoms with van der Waals surface area (Å²) in [6, 6.07) is 0. The molecule has 0 amide bonds. The van der Waals surface area contributed by atoms with Gasteiger partial charge in [-0.15, -0.1) is 0 Å². The molecule has 0 spiro atoms. The highest BCUT2D eigenvalue weighted by Crippen LogP contribution is 2.15. The zero-order valence-electron chi connectivity index (χ0n) is 36.9. The van der Waals surface area contributed by atoms with Gasteiger partial charge < -0.3 is 40.9 Å². The van der Waals surface area contributed by atoms with Crippen LogP contribution in [-0.2, 0) is 9.59 Å². The first kappa shape index (κ1) is 62.9. The molecule has 0 radical (unpaired) electrons. The number of aliphatic carboxylic acids is 2. The van der Waals surface area contributed by atoms with E-state index >= 15 is 0 Å². The van der Waals surface area contributed by atoms with Crippen LogP contribution in [0, 0.1) is 0 Å². The van der Waals surface area contributed by atoms with E-state index in [0.29, 0.717) is 12.8 Å². The molecular formula is C45H96O10. The van der Waals surface area contributed by atoms with Crippen molar-refractivity contribution in [1.29, 1.82) is 0 Å². The van der Waals surface area contributed by atoms with Crippen LogP contribution in [0.3, 0.4) is 0 Å². The summed E-state index contributed by atoms with van der Waals surface area (Å²) in [5, 5.41) is 65.0. The smallest absolute Gasteiger partial charge is 0.303 e. The highest BCUT2D eigenvalue weighted by molar-refractivity contribution is 5.66. The first-order valence-electron chi connectivity index (χ1n) is 22.7. The maximum Gasteiger partial charge on any atom is 0.303 e. The van der Waals surface area contributed by atoms with E-state index in [-0.39, 0.29) is 19.8 Å². The van der Waals surface area contributed by atoms with Gasteiger partial charge in [0.25, 0.3) is 0 Å². The lowest BCUT2D eigenvalue weighted by atomic mass is 10.0. The number of hydrogen-bond acceptors (Lipinski definition) is 8. The fourth-order valence-electron chi connectivity index (χ4n) is 5.30. The summed E-state index contributed by atoms with van der Waals surface area (Å²) in [6.07, 6.45) is 38.7. The van der Waals surface area contributed by atoms with E-state index in [1.807, 2.05) is 0 Å². The van der Waals surface area contributed by atoms with Crippen LogP contribution < -0.4 is 0 Å². The van der Waals surface area contributed by atoms with Crippen LogP contribution in [0.1, 0.15) is 240 Å². The molecule has 0 aromatic carbocycles. The molecule has 0 aromatic rings. The monoisotopic (exact) mass is 797 g/mol. The van der Waals surface area contributed by atoms with E-state index in [1.54, 1.807) is 0 Å². The molecule has 3 unspecified atom stereocenters. The standard InChI is InChI=1S/2C18H36O2.3C3H8O2/c2*1-2-3-4-5-6-7-8-9-10-11-12-13-14-15-16-17-18(19)20;3*1-3(5)2-4/h2*2-17H2,1H3,(H,19,20);3*3-5H,2H2,1H3. The predicted molar refractivity (Wildman–Crippen MR) is 231 cm³/mol. The number of hydrogen-bond donors (Lipinski definition) is 8. The fraction of sp³-hybridized carbons (Fsp3) is 0.956. The number of carboxylic acid groups (broad SMARTS) is 2. The molecular weight excluding hydrogens is 700 g/mol. The van der Waals surface area contributed by atoms with E-state index in [1.165, 1.54) is 188 Å². The maximum atomic E-state index is 10.3. The summed E-state index contributed by atoms with van der Waals surface area (Å²) in [7, 11) is 0. The van der Waals surface area contributed by atoms with Crippen molar-refractivity contribution >= 4 is 11.9 Å². The van der Waals surface area contributed by atoms with Gasteiger partial charge in [0.2, 0.25) is 0 Å². The molecule has 8 N–H and O–H groups in total. The minimum atomic E-state index is -0.653. The molecule has 0 fully saturated rings. The Hall–Kier alpha value is -1.30. The van der Waals surface area contributed by atoms with Crippen LogP contribution in [0.4, 0.5) is 0 Å². The van der Waals surface area contributed by atoms with E-state index in [2.05, 4.69) is 13.8 Å². The number of carbonyl (C=O) groups is 2. The summed E-state index contributed by atoms with van der Waals surface area (Å²) in [4.78, 5) is 20.7. The molecule has 0 bridgehead atoms. The van der Waals surface area contributed by atoms with Gasteiger partial charge in [0, 0.05) is 12.8 Å². The highest BCUT2D eigenvalue weighted by atomic mass is 16.4. The second kappa shape index (κ2) is 59.4. The molecule has 3 atom stereocenters. The van der Waals surface area contributed by atoms with Gasteiger partial charge in [-0.2, -0.15) is 0 Å². The Morgan fingerprint density at radius 2 is 0.455 bits per heavy atom. The molecule has 10 heteroatoms. The van der Waals surface area contributed by atoms with E-state index in [9.17, 15) is 9.59 Å². The van der Waals surface area contributed by atoms with Crippen molar-refractivity contribution in [3.63, 3.8) is 0 Å². The molecule has 0 saturated carbocycles. The van der Waals surface area contributed by atoms with Gasteiger partial charge in [-0.3, -0.25) is 9.59 Å². The molecule has 0 rings (SSSR count). The molecule has 0 heterocycles. The largest absolute Gasteiger partial charge is 0.481 e. The minimum absolute atomic E-state index is 0.139. The lowest BCUT2D eigenvalue weighted by Crippen LogP contribution is -2.03. The Kier molecular flexibility index (Phi) is 67.9. The van der Waals surface area contributed by atoms with Crippen LogP contribution in [0.2, 0.25) is 0 Å². The average molecular weight is 797 g/mol. The van der Waals surface area contributed by atoms with Crippen LogP contribution in [0.5, 0.6) is 0 Å². The lowest BCUT2D eigenvalue weighted by Gasteiger charge is -2.03. The topological polar surface area (TPSA) is 196 Å². The van der Waals surface area contributed by atoms with Crippen molar-refractivity contribution in [2.45, 2.75) is 258 Å². The summed E-state index contributed by atoms with van der Waals surface area (Å²) in [6.45, 7) is 8.71. The lowest BCUT2D eigenvalue weighted by molar-refractivity contribution is -0.138. The van der Waals surface area contributed by atoms with Gasteiger partial charge in [-0.1, -0.05) is 194 Å².